The minimum atomic E-state index is 0.294. The lowest BCUT2D eigenvalue weighted by molar-refractivity contribution is 0.689. The van der Waals surface area contributed by atoms with Crippen LogP contribution in [-0.2, 0) is 0 Å². The van der Waals surface area contributed by atoms with E-state index >= 15 is 0 Å². The number of aryl methyl sites for hydroxylation is 1. The van der Waals surface area contributed by atoms with E-state index in [1.54, 1.807) is 0 Å². The van der Waals surface area contributed by atoms with Crippen LogP contribution in [0.1, 0.15) is 5.56 Å². The minimum Gasteiger partial charge on any atom is -0.328 e. The Balaban J connectivity index is 1.84. The van der Waals surface area contributed by atoms with Crippen LogP contribution in [0.25, 0.3) is 0 Å². The van der Waals surface area contributed by atoms with Gasteiger partial charge in [0.2, 0.25) is 0 Å². The summed E-state index contributed by atoms with van der Waals surface area (Å²) in [6, 6.07) is 4.01. The molecule has 3 nitrogen and oxygen atoms in total. The van der Waals surface area contributed by atoms with Crippen LogP contribution in [-0.4, -0.2) is 10.8 Å². The molecule has 0 aromatic carbocycles. The van der Waals surface area contributed by atoms with E-state index in [0.717, 1.165) is 11.7 Å². The van der Waals surface area contributed by atoms with E-state index in [1.807, 2.05) is 24.5 Å². The van der Waals surface area contributed by atoms with Crippen molar-refractivity contribution in [2.75, 3.05) is 5.32 Å². The average molecular weight is 237 g/mol. The van der Waals surface area contributed by atoms with E-state index in [4.69, 9.17) is 0 Å². The first-order valence-corrected chi connectivity index (χ1v) is 6.12. The van der Waals surface area contributed by atoms with Gasteiger partial charge in [0, 0.05) is 24.2 Å². The highest BCUT2D eigenvalue weighted by Crippen LogP contribution is 2.26. The van der Waals surface area contributed by atoms with Crippen LogP contribution in [0.3, 0.4) is 0 Å². The fourth-order valence-corrected chi connectivity index (χ4v) is 2.24. The van der Waals surface area contributed by atoms with Crippen LogP contribution in [0.15, 0.2) is 59.9 Å². The number of hydrogen-bond donors (Lipinski definition) is 1. The highest BCUT2D eigenvalue weighted by Gasteiger charge is 2.24. The minimum absolute atomic E-state index is 0.294. The summed E-state index contributed by atoms with van der Waals surface area (Å²) in [7, 11) is 0. The van der Waals surface area contributed by atoms with Gasteiger partial charge in [-0.25, -0.2) is 9.98 Å². The predicted molar refractivity (Wildman–Crippen MR) is 74.4 cm³/mol. The second-order valence-electron chi connectivity index (χ2n) is 4.57. The molecule has 18 heavy (non-hydrogen) atoms. The third-order valence-corrected chi connectivity index (χ3v) is 3.19. The van der Waals surface area contributed by atoms with Crippen molar-refractivity contribution in [3.8, 4) is 0 Å². The van der Waals surface area contributed by atoms with Crippen molar-refractivity contribution < 1.29 is 0 Å². The summed E-state index contributed by atoms with van der Waals surface area (Å²) in [5, 5.41) is 3.32. The molecule has 90 valence electrons. The van der Waals surface area contributed by atoms with E-state index in [0.29, 0.717) is 11.8 Å². The van der Waals surface area contributed by atoms with E-state index in [-0.39, 0.29) is 0 Å². The number of anilines is 1. The molecule has 0 saturated heterocycles. The van der Waals surface area contributed by atoms with Gasteiger partial charge in [-0.05, 0) is 24.6 Å². The number of rotatable bonds is 1. The standard InChI is InChI=1S/C15H15N3/c1-11-6-8-16-14(10-11)18-15-13-5-3-2-4-12(13)7-9-17-15/h2-10,12-13H,1H3,(H,16,17,18). The second-order valence-corrected chi connectivity index (χ2v) is 4.57. The van der Waals surface area contributed by atoms with E-state index in [1.165, 1.54) is 5.56 Å². The first-order chi connectivity index (χ1) is 8.83. The summed E-state index contributed by atoms with van der Waals surface area (Å²) in [4.78, 5) is 8.75. The number of aromatic nitrogens is 1. The Bertz CT molecular complexity index is 567. The molecule has 1 aromatic rings. The number of amidine groups is 1. The maximum Gasteiger partial charge on any atom is 0.131 e. The van der Waals surface area contributed by atoms with Gasteiger partial charge in [0.15, 0.2) is 0 Å². The molecule has 2 unspecified atom stereocenters. The normalized spacial score (nSPS) is 24.6. The SMILES string of the molecule is Cc1ccnc(NC2=NC=CC3C=CC=CC23)c1. The van der Waals surface area contributed by atoms with Crippen molar-refractivity contribution in [1.82, 2.24) is 4.98 Å². The van der Waals surface area contributed by atoms with Gasteiger partial charge in [0.05, 0.1) is 0 Å². The zero-order valence-electron chi connectivity index (χ0n) is 10.2. The third kappa shape index (κ3) is 2.12. The van der Waals surface area contributed by atoms with Gasteiger partial charge in [0.1, 0.15) is 11.7 Å². The van der Waals surface area contributed by atoms with Crippen LogP contribution >= 0.6 is 0 Å². The second kappa shape index (κ2) is 4.61. The Morgan fingerprint density at radius 2 is 2.06 bits per heavy atom. The summed E-state index contributed by atoms with van der Waals surface area (Å²) in [6.45, 7) is 2.06. The number of pyridine rings is 1. The first-order valence-electron chi connectivity index (χ1n) is 6.12. The molecule has 0 amide bonds. The molecule has 1 aromatic heterocycles. The fraction of sp³-hybridized carbons (Fsp3) is 0.200. The molecule has 1 N–H and O–H groups in total. The highest BCUT2D eigenvalue weighted by atomic mass is 15.1. The quantitative estimate of drug-likeness (QED) is 0.815. The lowest BCUT2D eigenvalue weighted by Crippen LogP contribution is -2.29. The molecule has 2 heterocycles. The van der Waals surface area contributed by atoms with Crippen molar-refractivity contribution >= 4 is 11.7 Å². The molecule has 0 fully saturated rings. The van der Waals surface area contributed by atoms with Gasteiger partial charge in [-0.1, -0.05) is 30.4 Å². The molecule has 2 atom stereocenters. The zero-order valence-corrected chi connectivity index (χ0v) is 10.2. The van der Waals surface area contributed by atoms with Crippen molar-refractivity contribution in [1.29, 1.82) is 0 Å². The van der Waals surface area contributed by atoms with Crippen molar-refractivity contribution in [3.05, 3.63) is 60.5 Å². The third-order valence-electron chi connectivity index (χ3n) is 3.19. The first kappa shape index (κ1) is 11.0. The Labute approximate surface area is 107 Å². The molecule has 0 saturated carbocycles. The van der Waals surface area contributed by atoms with Crippen LogP contribution in [0.4, 0.5) is 5.82 Å². The fourth-order valence-electron chi connectivity index (χ4n) is 2.24. The Hall–Kier alpha value is -2.16. The maximum absolute atomic E-state index is 4.44. The van der Waals surface area contributed by atoms with Crippen LogP contribution in [0.2, 0.25) is 0 Å². The van der Waals surface area contributed by atoms with Gasteiger partial charge in [0.25, 0.3) is 0 Å². The number of allylic oxidation sites excluding steroid dienone is 4. The summed E-state index contributed by atoms with van der Waals surface area (Å²) in [6.07, 6.45) is 14.3. The number of aliphatic imine (C=N–C) groups is 1. The molecule has 1 aliphatic carbocycles. The van der Waals surface area contributed by atoms with Gasteiger partial charge >= 0.3 is 0 Å². The van der Waals surface area contributed by atoms with Gasteiger partial charge in [-0.15, -0.1) is 0 Å². The predicted octanol–water partition coefficient (Wildman–Crippen LogP) is 3.09. The van der Waals surface area contributed by atoms with Gasteiger partial charge < -0.3 is 5.32 Å². The molecular weight excluding hydrogens is 222 g/mol. The number of nitrogens with zero attached hydrogens (tertiary/aromatic N) is 2. The lowest BCUT2D eigenvalue weighted by Gasteiger charge is -2.26. The summed E-state index contributed by atoms with van der Waals surface area (Å²) in [5.41, 5.74) is 1.19. The molecule has 0 spiro atoms. The monoisotopic (exact) mass is 237 g/mol. The van der Waals surface area contributed by atoms with E-state index < -0.39 is 0 Å². The largest absolute Gasteiger partial charge is 0.328 e. The smallest absolute Gasteiger partial charge is 0.131 e. The summed E-state index contributed by atoms with van der Waals surface area (Å²) in [5.74, 6) is 2.51. The number of fused-ring (bicyclic) bond motifs is 1. The van der Waals surface area contributed by atoms with E-state index in [9.17, 15) is 0 Å². The van der Waals surface area contributed by atoms with E-state index in [2.05, 4.69) is 52.6 Å². The number of nitrogens with one attached hydrogen (secondary N) is 1. The van der Waals surface area contributed by atoms with Crippen molar-refractivity contribution in [3.63, 3.8) is 0 Å². The number of hydrogen-bond acceptors (Lipinski definition) is 3. The van der Waals surface area contributed by atoms with Crippen LogP contribution < -0.4 is 5.32 Å². The van der Waals surface area contributed by atoms with Crippen LogP contribution in [0.5, 0.6) is 0 Å². The van der Waals surface area contributed by atoms with Crippen LogP contribution in [0, 0.1) is 18.8 Å². The zero-order chi connectivity index (χ0) is 12.4. The Kier molecular flexibility index (Phi) is 2.81. The topological polar surface area (TPSA) is 37.3 Å². The van der Waals surface area contributed by atoms with Crippen molar-refractivity contribution in [2.24, 2.45) is 16.8 Å². The Morgan fingerprint density at radius 1 is 1.17 bits per heavy atom. The highest BCUT2D eigenvalue weighted by molar-refractivity contribution is 5.99. The molecule has 2 aliphatic rings. The summed E-state index contributed by atoms with van der Waals surface area (Å²) >= 11 is 0. The molecule has 0 radical (unpaired) electrons. The van der Waals surface area contributed by atoms with Gasteiger partial charge in [-0.2, -0.15) is 0 Å². The van der Waals surface area contributed by atoms with Gasteiger partial charge in [-0.3, -0.25) is 0 Å². The molecule has 0 bridgehead atoms. The molecular formula is C15H15N3. The summed E-state index contributed by atoms with van der Waals surface area (Å²) < 4.78 is 0. The average Bonchev–Trinajstić information content (AvgIpc) is 2.39. The maximum atomic E-state index is 4.44. The Morgan fingerprint density at radius 3 is 2.94 bits per heavy atom. The molecule has 1 aliphatic heterocycles. The lowest BCUT2D eigenvalue weighted by atomic mass is 9.86. The van der Waals surface area contributed by atoms with Crippen molar-refractivity contribution in [2.45, 2.75) is 6.92 Å². The molecule has 3 rings (SSSR count). The molecule has 3 heteroatoms.